The molecule has 1 aromatic carbocycles. The number of aryl methyl sites for hydroxylation is 2. The Kier molecular flexibility index (Phi) is 6.00. The summed E-state index contributed by atoms with van der Waals surface area (Å²) >= 11 is 3.74. The molecular weight excluding hydrogens is 326 g/mol. The van der Waals surface area contributed by atoms with Crippen molar-refractivity contribution in [3.63, 3.8) is 0 Å². The van der Waals surface area contributed by atoms with Gasteiger partial charge in [-0.15, -0.1) is 0 Å². The Balaban J connectivity index is 2.34. The first kappa shape index (κ1) is 16.2. The molecule has 1 heterocycles. The predicted molar refractivity (Wildman–Crippen MR) is 91.5 cm³/mol. The van der Waals surface area contributed by atoms with E-state index in [0.717, 1.165) is 25.9 Å². The van der Waals surface area contributed by atoms with E-state index in [-0.39, 0.29) is 6.04 Å². The van der Waals surface area contributed by atoms with Gasteiger partial charge >= 0.3 is 0 Å². The fourth-order valence-electron chi connectivity index (χ4n) is 2.47. The Labute approximate surface area is 135 Å². The van der Waals surface area contributed by atoms with Crippen LogP contribution in [0, 0.1) is 6.92 Å². The number of benzene rings is 1. The van der Waals surface area contributed by atoms with Crippen LogP contribution < -0.4 is 5.32 Å². The molecule has 114 valence electrons. The summed E-state index contributed by atoms with van der Waals surface area (Å²) in [5.74, 6) is 0. The highest BCUT2D eigenvalue weighted by atomic mass is 79.9. The average molecular weight is 350 g/mol. The topological polar surface area (TPSA) is 29.9 Å². The molecule has 0 aliphatic heterocycles. The SMILES string of the molecule is CCCNC(c1cnn(CCC)c1)c1cccc(C)c1Br. The lowest BCUT2D eigenvalue weighted by atomic mass is 9.99. The van der Waals surface area contributed by atoms with E-state index in [9.17, 15) is 0 Å². The van der Waals surface area contributed by atoms with Gasteiger partial charge in [0.05, 0.1) is 12.2 Å². The molecule has 0 saturated heterocycles. The molecule has 2 aromatic rings. The van der Waals surface area contributed by atoms with Crippen LogP contribution in [0.15, 0.2) is 35.1 Å². The Hall–Kier alpha value is -1.13. The van der Waals surface area contributed by atoms with Crippen LogP contribution >= 0.6 is 15.9 Å². The molecule has 0 aliphatic rings. The van der Waals surface area contributed by atoms with Crippen LogP contribution in [0.4, 0.5) is 0 Å². The van der Waals surface area contributed by atoms with Gasteiger partial charge in [0.2, 0.25) is 0 Å². The summed E-state index contributed by atoms with van der Waals surface area (Å²) in [6.07, 6.45) is 6.36. The second-order valence-corrected chi connectivity index (χ2v) is 6.19. The lowest BCUT2D eigenvalue weighted by molar-refractivity contribution is 0.587. The average Bonchev–Trinajstić information content (AvgIpc) is 2.92. The van der Waals surface area contributed by atoms with E-state index < -0.39 is 0 Å². The minimum absolute atomic E-state index is 0.185. The van der Waals surface area contributed by atoms with Gasteiger partial charge in [0.15, 0.2) is 0 Å². The largest absolute Gasteiger partial charge is 0.306 e. The Bertz CT molecular complexity index is 577. The fourth-order valence-corrected chi connectivity index (χ4v) is 2.96. The number of halogens is 1. The molecule has 0 bridgehead atoms. The monoisotopic (exact) mass is 349 g/mol. The highest BCUT2D eigenvalue weighted by molar-refractivity contribution is 9.10. The van der Waals surface area contributed by atoms with Gasteiger partial charge in [-0.1, -0.05) is 48.0 Å². The van der Waals surface area contributed by atoms with Gasteiger partial charge in [-0.2, -0.15) is 5.10 Å². The predicted octanol–water partition coefficient (Wildman–Crippen LogP) is 4.45. The zero-order chi connectivity index (χ0) is 15.2. The van der Waals surface area contributed by atoms with Crippen molar-refractivity contribution < 1.29 is 0 Å². The van der Waals surface area contributed by atoms with Crippen molar-refractivity contribution in [3.05, 3.63) is 51.8 Å². The van der Waals surface area contributed by atoms with E-state index in [2.05, 4.69) is 71.5 Å². The first-order valence-corrected chi connectivity index (χ1v) is 8.47. The molecule has 1 N–H and O–H groups in total. The summed E-state index contributed by atoms with van der Waals surface area (Å²) in [7, 11) is 0. The highest BCUT2D eigenvalue weighted by Gasteiger charge is 2.18. The minimum atomic E-state index is 0.185. The van der Waals surface area contributed by atoms with Gasteiger partial charge in [0.1, 0.15) is 0 Å². The molecule has 2 rings (SSSR count). The van der Waals surface area contributed by atoms with Crippen LogP contribution in [0.5, 0.6) is 0 Å². The number of hydrogen-bond acceptors (Lipinski definition) is 2. The Morgan fingerprint density at radius 1 is 1.29 bits per heavy atom. The standard InChI is InChI=1S/C17H24BrN3/c1-4-9-19-17(14-11-20-21(12-14)10-5-2)15-8-6-7-13(3)16(15)18/h6-8,11-12,17,19H,4-5,9-10H2,1-3H3. The first-order chi connectivity index (χ1) is 10.2. The quantitative estimate of drug-likeness (QED) is 0.799. The Morgan fingerprint density at radius 2 is 2.10 bits per heavy atom. The first-order valence-electron chi connectivity index (χ1n) is 7.68. The summed E-state index contributed by atoms with van der Waals surface area (Å²) in [6.45, 7) is 8.45. The summed E-state index contributed by atoms with van der Waals surface area (Å²) in [4.78, 5) is 0. The van der Waals surface area contributed by atoms with Crippen LogP contribution in [0.1, 0.15) is 49.4 Å². The van der Waals surface area contributed by atoms with Crippen molar-refractivity contribution in [2.24, 2.45) is 0 Å². The molecule has 0 radical (unpaired) electrons. The van der Waals surface area contributed by atoms with Crippen molar-refractivity contribution in [3.8, 4) is 0 Å². The number of aromatic nitrogens is 2. The van der Waals surface area contributed by atoms with Crippen LogP contribution in [-0.4, -0.2) is 16.3 Å². The van der Waals surface area contributed by atoms with Crippen LogP contribution in [-0.2, 0) is 6.54 Å². The number of hydrogen-bond donors (Lipinski definition) is 1. The molecule has 4 heteroatoms. The third kappa shape index (κ3) is 3.95. The summed E-state index contributed by atoms with van der Waals surface area (Å²) < 4.78 is 3.21. The maximum absolute atomic E-state index is 4.47. The normalized spacial score (nSPS) is 12.6. The van der Waals surface area contributed by atoms with Gasteiger partial charge in [-0.3, -0.25) is 4.68 Å². The van der Waals surface area contributed by atoms with Crippen molar-refractivity contribution in [2.45, 2.75) is 46.2 Å². The van der Waals surface area contributed by atoms with Crippen molar-refractivity contribution >= 4 is 15.9 Å². The van der Waals surface area contributed by atoms with E-state index in [1.807, 2.05) is 10.9 Å². The second-order valence-electron chi connectivity index (χ2n) is 5.40. The van der Waals surface area contributed by atoms with E-state index in [0.29, 0.717) is 0 Å². The lowest BCUT2D eigenvalue weighted by Gasteiger charge is -2.20. The maximum atomic E-state index is 4.47. The van der Waals surface area contributed by atoms with Crippen LogP contribution in [0.3, 0.4) is 0 Å². The molecule has 0 saturated carbocycles. The summed E-state index contributed by atoms with van der Waals surface area (Å²) in [5.41, 5.74) is 3.76. The van der Waals surface area contributed by atoms with Crippen molar-refractivity contribution in [1.29, 1.82) is 0 Å². The fraction of sp³-hybridized carbons (Fsp3) is 0.471. The third-order valence-electron chi connectivity index (χ3n) is 3.57. The van der Waals surface area contributed by atoms with Crippen LogP contribution in [0.2, 0.25) is 0 Å². The third-order valence-corrected chi connectivity index (χ3v) is 4.65. The van der Waals surface area contributed by atoms with Gasteiger partial charge < -0.3 is 5.32 Å². The molecule has 0 amide bonds. The molecule has 1 aromatic heterocycles. The molecule has 3 nitrogen and oxygen atoms in total. The van der Waals surface area contributed by atoms with Gasteiger partial charge in [-0.25, -0.2) is 0 Å². The molecule has 0 aliphatic carbocycles. The summed E-state index contributed by atoms with van der Waals surface area (Å²) in [5, 5.41) is 8.12. The smallest absolute Gasteiger partial charge is 0.0619 e. The minimum Gasteiger partial charge on any atom is -0.306 e. The number of nitrogens with one attached hydrogen (secondary N) is 1. The molecule has 1 unspecified atom stereocenters. The van der Waals surface area contributed by atoms with Crippen molar-refractivity contribution in [2.75, 3.05) is 6.54 Å². The van der Waals surface area contributed by atoms with E-state index in [1.165, 1.54) is 21.2 Å². The maximum Gasteiger partial charge on any atom is 0.0619 e. The zero-order valence-electron chi connectivity index (χ0n) is 13.1. The lowest BCUT2D eigenvalue weighted by Crippen LogP contribution is -2.23. The highest BCUT2D eigenvalue weighted by Crippen LogP contribution is 2.30. The molecular formula is C17H24BrN3. The van der Waals surface area contributed by atoms with E-state index in [4.69, 9.17) is 0 Å². The van der Waals surface area contributed by atoms with Crippen molar-refractivity contribution in [1.82, 2.24) is 15.1 Å². The van der Waals surface area contributed by atoms with E-state index >= 15 is 0 Å². The Morgan fingerprint density at radius 3 is 2.81 bits per heavy atom. The molecule has 1 atom stereocenters. The summed E-state index contributed by atoms with van der Waals surface area (Å²) in [6, 6.07) is 6.61. The zero-order valence-corrected chi connectivity index (χ0v) is 14.7. The van der Waals surface area contributed by atoms with Crippen LogP contribution in [0.25, 0.3) is 0 Å². The van der Waals surface area contributed by atoms with Gasteiger partial charge in [0, 0.05) is 22.8 Å². The van der Waals surface area contributed by atoms with E-state index in [1.54, 1.807) is 0 Å². The number of rotatable bonds is 7. The molecule has 0 spiro atoms. The molecule has 21 heavy (non-hydrogen) atoms. The van der Waals surface area contributed by atoms with Gasteiger partial charge in [-0.05, 0) is 37.4 Å². The molecule has 0 fully saturated rings. The second kappa shape index (κ2) is 7.76. The number of nitrogens with zero attached hydrogens (tertiary/aromatic N) is 2. The van der Waals surface area contributed by atoms with Gasteiger partial charge in [0.25, 0.3) is 0 Å².